The van der Waals surface area contributed by atoms with Gasteiger partial charge in [-0.2, -0.15) is 0 Å². The van der Waals surface area contributed by atoms with E-state index in [0.29, 0.717) is 41.8 Å². The summed E-state index contributed by atoms with van der Waals surface area (Å²) in [7, 11) is 0. The van der Waals surface area contributed by atoms with Crippen molar-refractivity contribution in [1.29, 1.82) is 0 Å². The minimum absolute atomic E-state index is 0.0544. The summed E-state index contributed by atoms with van der Waals surface area (Å²) in [6.07, 6.45) is 11.5. The van der Waals surface area contributed by atoms with E-state index < -0.39 is 0 Å². The second kappa shape index (κ2) is 3.83. The standard InChI is InChI=1S/C20H24O2/c1-19-7-5-12(21)9-11(19)3-4-13-16(19)6-8-20(2)17(13)14-10-15(14)18(20)22/h3-4,9,13-17H,5-8,10H2,1-2H3/t13-,14?,15?,16+,17-,19+,20+/m1/s1. The number of fused-ring (bicyclic) bond motifs is 7. The third-order valence-electron chi connectivity index (χ3n) is 7.97. The van der Waals surface area contributed by atoms with Gasteiger partial charge in [-0.3, -0.25) is 9.59 Å². The summed E-state index contributed by atoms with van der Waals surface area (Å²) in [5, 5.41) is 0. The van der Waals surface area contributed by atoms with E-state index in [1.807, 2.05) is 6.08 Å². The lowest BCUT2D eigenvalue weighted by molar-refractivity contribution is -0.133. The van der Waals surface area contributed by atoms with Crippen molar-refractivity contribution in [2.24, 2.45) is 40.4 Å². The molecule has 0 heterocycles. The van der Waals surface area contributed by atoms with Crippen molar-refractivity contribution in [3.05, 3.63) is 23.8 Å². The first-order chi connectivity index (χ1) is 10.4. The molecule has 0 aromatic heterocycles. The van der Waals surface area contributed by atoms with Gasteiger partial charge in [0.25, 0.3) is 0 Å². The number of ketones is 2. The van der Waals surface area contributed by atoms with Crippen molar-refractivity contribution >= 4 is 11.6 Å². The molecule has 0 saturated heterocycles. The summed E-state index contributed by atoms with van der Waals surface area (Å²) in [6, 6.07) is 0. The second-order valence-corrected chi connectivity index (χ2v) is 8.88. The van der Waals surface area contributed by atoms with Crippen LogP contribution in [-0.4, -0.2) is 11.6 Å². The molecule has 5 aliphatic rings. The Kier molecular flexibility index (Phi) is 2.31. The Morgan fingerprint density at radius 2 is 1.95 bits per heavy atom. The van der Waals surface area contributed by atoms with Gasteiger partial charge in [-0.05, 0) is 66.4 Å². The van der Waals surface area contributed by atoms with Crippen LogP contribution in [0.5, 0.6) is 0 Å². The molecule has 116 valence electrons. The Labute approximate surface area is 132 Å². The molecule has 0 aromatic carbocycles. The molecule has 2 heteroatoms. The average molecular weight is 296 g/mol. The summed E-state index contributed by atoms with van der Waals surface area (Å²) >= 11 is 0. The van der Waals surface area contributed by atoms with Crippen LogP contribution in [0.25, 0.3) is 0 Å². The SMILES string of the molecule is C[C@]12CCC(=O)C=C1C=C[C@@H]1[C@@H]2CC[C@]2(C)C(=O)C3CC3[C@@H]12. The van der Waals surface area contributed by atoms with E-state index in [1.54, 1.807) is 0 Å². The molecule has 0 amide bonds. The van der Waals surface area contributed by atoms with Gasteiger partial charge in [0.1, 0.15) is 5.78 Å². The topological polar surface area (TPSA) is 34.1 Å². The Bertz CT molecular complexity index is 657. The second-order valence-electron chi connectivity index (χ2n) is 8.88. The van der Waals surface area contributed by atoms with Gasteiger partial charge in [0.05, 0.1) is 0 Å². The van der Waals surface area contributed by atoms with E-state index in [-0.39, 0.29) is 16.6 Å². The van der Waals surface area contributed by atoms with Crippen LogP contribution < -0.4 is 0 Å². The first-order valence-corrected chi connectivity index (χ1v) is 8.93. The Morgan fingerprint density at radius 3 is 2.77 bits per heavy atom. The molecule has 0 bridgehead atoms. The number of carbonyl (C=O) groups is 2. The quantitative estimate of drug-likeness (QED) is 0.683. The molecular weight excluding hydrogens is 272 g/mol. The van der Waals surface area contributed by atoms with Crippen molar-refractivity contribution in [1.82, 2.24) is 0 Å². The van der Waals surface area contributed by atoms with Crippen molar-refractivity contribution in [3.63, 3.8) is 0 Å². The van der Waals surface area contributed by atoms with Gasteiger partial charge in [-0.15, -0.1) is 0 Å². The lowest BCUT2D eigenvalue weighted by atomic mass is 9.48. The molecule has 0 aliphatic heterocycles. The average Bonchev–Trinajstić information content (AvgIpc) is 3.22. The summed E-state index contributed by atoms with van der Waals surface area (Å²) in [4.78, 5) is 24.5. The Morgan fingerprint density at radius 1 is 1.14 bits per heavy atom. The zero-order chi connectivity index (χ0) is 15.3. The maximum Gasteiger partial charge on any atom is 0.156 e. The van der Waals surface area contributed by atoms with Crippen molar-refractivity contribution in [2.75, 3.05) is 0 Å². The zero-order valence-electron chi connectivity index (χ0n) is 13.5. The fourth-order valence-electron chi connectivity index (χ4n) is 6.66. The van der Waals surface area contributed by atoms with Gasteiger partial charge in [-0.1, -0.05) is 26.0 Å². The molecule has 22 heavy (non-hydrogen) atoms. The van der Waals surface area contributed by atoms with Crippen molar-refractivity contribution in [2.45, 2.75) is 46.0 Å². The van der Waals surface area contributed by atoms with E-state index in [9.17, 15) is 9.59 Å². The zero-order valence-corrected chi connectivity index (χ0v) is 13.5. The molecule has 3 fully saturated rings. The summed E-state index contributed by atoms with van der Waals surface area (Å²) < 4.78 is 0. The van der Waals surface area contributed by atoms with Crippen LogP contribution in [-0.2, 0) is 9.59 Å². The summed E-state index contributed by atoms with van der Waals surface area (Å²) in [5.74, 6) is 3.65. The summed E-state index contributed by atoms with van der Waals surface area (Å²) in [6.45, 7) is 4.62. The van der Waals surface area contributed by atoms with E-state index in [2.05, 4.69) is 26.0 Å². The molecule has 0 N–H and O–H groups in total. The molecular formula is C20H24O2. The van der Waals surface area contributed by atoms with Crippen molar-refractivity contribution in [3.8, 4) is 0 Å². The minimum Gasteiger partial charge on any atom is -0.299 e. The molecule has 0 radical (unpaired) electrons. The highest BCUT2D eigenvalue weighted by molar-refractivity contribution is 5.93. The monoisotopic (exact) mass is 296 g/mol. The number of Topliss-reactive ketones (excluding diaryl/α,β-unsaturated/α-hetero) is 1. The summed E-state index contributed by atoms with van der Waals surface area (Å²) in [5.41, 5.74) is 1.36. The Balaban J connectivity index is 1.60. The van der Waals surface area contributed by atoms with Gasteiger partial charge < -0.3 is 0 Å². The van der Waals surface area contributed by atoms with Crippen LogP contribution >= 0.6 is 0 Å². The molecule has 3 saturated carbocycles. The highest BCUT2D eigenvalue weighted by Crippen LogP contribution is 2.70. The van der Waals surface area contributed by atoms with Crippen LogP contribution in [0, 0.1) is 40.4 Å². The maximum absolute atomic E-state index is 12.7. The number of hydrogen-bond donors (Lipinski definition) is 0. The van der Waals surface area contributed by atoms with E-state index in [0.717, 1.165) is 25.7 Å². The number of carbonyl (C=O) groups excluding carboxylic acids is 2. The predicted octanol–water partition coefficient (Wildman–Crippen LogP) is 3.72. The van der Waals surface area contributed by atoms with Crippen LogP contribution in [0.4, 0.5) is 0 Å². The molecule has 5 rings (SSSR count). The van der Waals surface area contributed by atoms with Gasteiger partial charge in [0.2, 0.25) is 0 Å². The number of rotatable bonds is 0. The Hall–Kier alpha value is -1.18. The van der Waals surface area contributed by atoms with Gasteiger partial charge in [0, 0.05) is 17.8 Å². The van der Waals surface area contributed by atoms with E-state index in [4.69, 9.17) is 0 Å². The number of allylic oxidation sites excluding steroid dienone is 4. The predicted molar refractivity (Wildman–Crippen MR) is 84.0 cm³/mol. The van der Waals surface area contributed by atoms with Crippen molar-refractivity contribution < 1.29 is 9.59 Å². The normalized spacial score (nSPS) is 55.0. The lowest BCUT2D eigenvalue weighted by Gasteiger charge is -2.55. The van der Waals surface area contributed by atoms with Crippen LogP contribution in [0.15, 0.2) is 23.8 Å². The minimum atomic E-state index is -0.0544. The van der Waals surface area contributed by atoms with Crippen LogP contribution in [0.2, 0.25) is 0 Å². The van der Waals surface area contributed by atoms with Crippen LogP contribution in [0.1, 0.15) is 46.0 Å². The molecule has 2 unspecified atom stereocenters. The molecule has 5 aliphatic carbocycles. The molecule has 7 atom stereocenters. The van der Waals surface area contributed by atoms with Crippen LogP contribution in [0.3, 0.4) is 0 Å². The smallest absolute Gasteiger partial charge is 0.156 e. The largest absolute Gasteiger partial charge is 0.299 e. The fourth-order valence-corrected chi connectivity index (χ4v) is 6.66. The van der Waals surface area contributed by atoms with E-state index >= 15 is 0 Å². The third kappa shape index (κ3) is 1.38. The maximum atomic E-state index is 12.7. The molecule has 0 aromatic rings. The first kappa shape index (κ1) is 13.3. The highest BCUT2D eigenvalue weighted by atomic mass is 16.1. The lowest BCUT2D eigenvalue weighted by Crippen LogP contribution is -2.50. The molecule has 2 nitrogen and oxygen atoms in total. The number of hydrogen-bond acceptors (Lipinski definition) is 2. The van der Waals surface area contributed by atoms with E-state index in [1.165, 1.54) is 5.57 Å². The van der Waals surface area contributed by atoms with Gasteiger partial charge in [0.15, 0.2) is 5.78 Å². The first-order valence-electron chi connectivity index (χ1n) is 8.93. The fraction of sp³-hybridized carbons (Fsp3) is 0.700. The third-order valence-corrected chi connectivity index (χ3v) is 7.97. The van der Waals surface area contributed by atoms with Gasteiger partial charge in [-0.25, -0.2) is 0 Å². The molecule has 0 spiro atoms. The van der Waals surface area contributed by atoms with Gasteiger partial charge >= 0.3 is 0 Å². The highest BCUT2D eigenvalue weighted by Gasteiger charge is 2.69.